The largest absolute Gasteiger partial charge is 0.289 e. The molecule has 1 aliphatic carbocycles. The van der Waals surface area contributed by atoms with E-state index in [1.807, 2.05) is 12.1 Å². The number of carbonyl (C=O) groups excluding carboxylic acids is 2. The lowest BCUT2D eigenvalue weighted by Crippen LogP contribution is -2.38. The van der Waals surface area contributed by atoms with Crippen molar-refractivity contribution in [3.63, 3.8) is 0 Å². The summed E-state index contributed by atoms with van der Waals surface area (Å²) in [6.07, 6.45) is 0. The van der Waals surface area contributed by atoms with Crippen molar-refractivity contribution in [1.82, 2.24) is 0 Å². The first-order chi connectivity index (χ1) is 14.3. The highest BCUT2D eigenvalue weighted by molar-refractivity contribution is 6.30. The maximum atomic E-state index is 14.1. The van der Waals surface area contributed by atoms with Crippen molar-refractivity contribution >= 4 is 11.6 Å². The van der Waals surface area contributed by atoms with Crippen LogP contribution in [0.2, 0.25) is 0 Å². The molecule has 0 heterocycles. The van der Waals surface area contributed by atoms with Gasteiger partial charge >= 0.3 is 0 Å². The molecule has 2 aromatic rings. The molecule has 3 rings (SSSR count). The normalized spacial score (nSPS) is 15.0. The van der Waals surface area contributed by atoms with Gasteiger partial charge in [0.05, 0.1) is 0 Å². The molecule has 0 N–H and O–H groups in total. The Hall–Kier alpha value is -2.22. The van der Waals surface area contributed by atoms with Crippen molar-refractivity contribution in [2.75, 3.05) is 0 Å². The molecule has 1 aliphatic rings. The first kappa shape index (κ1) is 24.4. The Kier molecular flexibility index (Phi) is 5.45. The molecule has 32 heavy (non-hydrogen) atoms. The molecular formula is C30H40O2. The summed E-state index contributed by atoms with van der Waals surface area (Å²) >= 11 is 0. The zero-order valence-corrected chi connectivity index (χ0v) is 22.1. The number of rotatable bonds is 0. The first-order valence-corrected chi connectivity index (χ1v) is 11.7. The van der Waals surface area contributed by atoms with E-state index in [4.69, 9.17) is 0 Å². The van der Waals surface area contributed by atoms with Gasteiger partial charge in [-0.15, -0.1) is 0 Å². The van der Waals surface area contributed by atoms with E-state index in [0.29, 0.717) is 22.3 Å². The number of benzene rings is 2. The number of fused-ring (bicyclic) bond motifs is 2. The molecule has 0 saturated carbocycles. The minimum Gasteiger partial charge on any atom is -0.289 e. The average molecular weight is 433 g/mol. The molecule has 2 heteroatoms. The zero-order chi connectivity index (χ0) is 24.6. The summed E-state index contributed by atoms with van der Waals surface area (Å²) in [6.45, 7) is 26.4. The van der Waals surface area contributed by atoms with Crippen LogP contribution in [-0.2, 0) is 21.7 Å². The van der Waals surface area contributed by atoms with Gasteiger partial charge in [0.15, 0.2) is 11.6 Å². The summed E-state index contributed by atoms with van der Waals surface area (Å²) < 4.78 is 0. The molecular weight excluding hydrogens is 392 g/mol. The second-order valence-electron chi connectivity index (χ2n) is 13.5. The van der Waals surface area contributed by atoms with Crippen LogP contribution in [0.4, 0.5) is 0 Å². The maximum Gasteiger partial charge on any atom is 0.194 e. The highest BCUT2D eigenvalue weighted by Crippen LogP contribution is 2.50. The van der Waals surface area contributed by atoms with Crippen LogP contribution in [-0.4, -0.2) is 11.6 Å². The molecule has 2 aromatic carbocycles. The predicted octanol–water partition coefficient (Wildman–Crippen LogP) is 7.65. The van der Waals surface area contributed by atoms with Gasteiger partial charge in [0.1, 0.15) is 0 Å². The maximum absolute atomic E-state index is 14.1. The molecule has 0 amide bonds. The molecule has 0 radical (unpaired) electrons. The van der Waals surface area contributed by atoms with Crippen molar-refractivity contribution in [2.24, 2.45) is 0 Å². The predicted molar refractivity (Wildman–Crippen MR) is 135 cm³/mol. The van der Waals surface area contributed by atoms with E-state index in [-0.39, 0.29) is 33.2 Å². The van der Waals surface area contributed by atoms with Crippen LogP contribution in [0.15, 0.2) is 24.3 Å². The number of hydrogen-bond donors (Lipinski definition) is 0. The van der Waals surface area contributed by atoms with Crippen LogP contribution in [0, 0.1) is 0 Å². The summed E-state index contributed by atoms with van der Waals surface area (Å²) in [4.78, 5) is 28.2. The van der Waals surface area contributed by atoms with E-state index in [9.17, 15) is 9.59 Å². The lowest BCUT2D eigenvalue weighted by Gasteiger charge is -2.44. The fourth-order valence-electron chi connectivity index (χ4n) is 5.35. The molecule has 172 valence electrons. The van der Waals surface area contributed by atoms with Gasteiger partial charge < -0.3 is 0 Å². The van der Waals surface area contributed by atoms with Gasteiger partial charge in [-0.1, -0.05) is 107 Å². The van der Waals surface area contributed by atoms with Gasteiger partial charge in [-0.05, 0) is 43.9 Å². The monoisotopic (exact) mass is 432 g/mol. The molecule has 0 aliphatic heterocycles. The molecule has 0 saturated heterocycles. The molecule has 0 fully saturated rings. The number of carbonyl (C=O) groups is 2. The van der Waals surface area contributed by atoms with Crippen LogP contribution in [0.3, 0.4) is 0 Å². The van der Waals surface area contributed by atoms with Crippen LogP contribution < -0.4 is 0 Å². The lowest BCUT2D eigenvalue weighted by molar-refractivity contribution is 0.0975. The van der Waals surface area contributed by atoms with E-state index in [0.717, 1.165) is 11.1 Å². The lowest BCUT2D eigenvalue weighted by atomic mass is 9.59. The van der Waals surface area contributed by atoms with Crippen molar-refractivity contribution in [3.05, 3.63) is 68.8 Å². The summed E-state index contributed by atoms with van der Waals surface area (Å²) in [6, 6.07) is 7.31. The van der Waals surface area contributed by atoms with Crippen molar-refractivity contribution in [3.8, 4) is 0 Å². The van der Waals surface area contributed by atoms with Gasteiger partial charge in [0, 0.05) is 22.3 Å². The molecule has 0 bridgehead atoms. The number of hydrogen-bond acceptors (Lipinski definition) is 2. The SMILES string of the molecule is CC(C)(C)c1c2c(c(C(C)(C)C)c(C(C)(C)C)c1C(C)(C)C)C(=O)c1ccccc1C2=O. The number of ketones is 2. The van der Waals surface area contributed by atoms with Gasteiger partial charge in [-0.25, -0.2) is 0 Å². The van der Waals surface area contributed by atoms with Crippen molar-refractivity contribution in [1.29, 1.82) is 0 Å². The quantitative estimate of drug-likeness (QED) is 0.365. The third kappa shape index (κ3) is 3.76. The minimum atomic E-state index is -0.300. The smallest absolute Gasteiger partial charge is 0.194 e. The molecule has 2 nitrogen and oxygen atoms in total. The van der Waals surface area contributed by atoms with E-state index in [1.54, 1.807) is 12.1 Å². The Balaban J connectivity index is 2.77. The minimum absolute atomic E-state index is 0.0171. The first-order valence-electron chi connectivity index (χ1n) is 11.7. The van der Waals surface area contributed by atoms with Crippen LogP contribution >= 0.6 is 0 Å². The Labute approximate surface area is 194 Å². The Bertz CT molecular complexity index is 1030. The van der Waals surface area contributed by atoms with E-state index in [1.165, 1.54) is 11.1 Å². The standard InChI is InChI=1S/C30H40O2/c1-27(2,3)21-19-20(26(32)18-16-14-13-15-17(18)25(19)31)22(28(4,5)6)24(30(10,11)12)23(21)29(7,8)9/h13-16H,1-12H3. The summed E-state index contributed by atoms with van der Waals surface area (Å²) in [7, 11) is 0. The summed E-state index contributed by atoms with van der Waals surface area (Å²) in [5, 5.41) is 0. The van der Waals surface area contributed by atoms with Crippen LogP contribution in [0.25, 0.3) is 0 Å². The van der Waals surface area contributed by atoms with Gasteiger partial charge in [0.2, 0.25) is 0 Å². The van der Waals surface area contributed by atoms with E-state index in [2.05, 4.69) is 83.1 Å². The topological polar surface area (TPSA) is 34.1 Å². The Morgan fingerprint density at radius 2 is 0.688 bits per heavy atom. The fraction of sp³-hybridized carbons (Fsp3) is 0.533. The Morgan fingerprint density at radius 1 is 0.438 bits per heavy atom. The Morgan fingerprint density at radius 3 is 0.906 bits per heavy atom. The van der Waals surface area contributed by atoms with Crippen molar-refractivity contribution < 1.29 is 9.59 Å². The van der Waals surface area contributed by atoms with Gasteiger partial charge in [0.25, 0.3) is 0 Å². The van der Waals surface area contributed by atoms with Gasteiger partial charge in [-0.2, -0.15) is 0 Å². The van der Waals surface area contributed by atoms with E-state index < -0.39 is 0 Å². The summed E-state index contributed by atoms with van der Waals surface area (Å²) in [5.41, 5.74) is 5.84. The second-order valence-corrected chi connectivity index (χ2v) is 13.5. The third-order valence-electron chi connectivity index (χ3n) is 6.37. The highest BCUT2D eigenvalue weighted by atomic mass is 16.1. The molecule has 0 unspecified atom stereocenters. The third-order valence-corrected chi connectivity index (χ3v) is 6.37. The van der Waals surface area contributed by atoms with Gasteiger partial charge in [-0.3, -0.25) is 9.59 Å². The molecule has 0 spiro atoms. The van der Waals surface area contributed by atoms with Crippen molar-refractivity contribution in [2.45, 2.75) is 105 Å². The summed E-state index contributed by atoms with van der Waals surface area (Å²) in [5.74, 6) is -0.0341. The van der Waals surface area contributed by atoms with Crippen LogP contribution in [0.5, 0.6) is 0 Å². The zero-order valence-electron chi connectivity index (χ0n) is 22.1. The second kappa shape index (κ2) is 7.14. The van der Waals surface area contributed by atoms with Crippen LogP contribution in [0.1, 0.15) is 137 Å². The molecule has 0 atom stereocenters. The van der Waals surface area contributed by atoms with E-state index >= 15 is 0 Å². The average Bonchev–Trinajstić information content (AvgIpc) is 2.60. The highest BCUT2D eigenvalue weighted by Gasteiger charge is 2.45. The molecule has 0 aromatic heterocycles. The fourth-order valence-corrected chi connectivity index (χ4v) is 5.35.